The van der Waals surface area contributed by atoms with Gasteiger partial charge < -0.3 is 14.8 Å². The second-order valence-corrected chi connectivity index (χ2v) is 8.91. The van der Waals surface area contributed by atoms with E-state index in [0.29, 0.717) is 23.5 Å². The van der Waals surface area contributed by atoms with E-state index < -0.39 is 18.6 Å². The number of Topliss-reactive ketones (excluding diaryl/α,β-unsaturated/α-hetero) is 1. The molecule has 8 nitrogen and oxygen atoms in total. The Kier molecular flexibility index (Phi) is 8.28. The lowest BCUT2D eigenvalue weighted by Gasteiger charge is -2.17. The van der Waals surface area contributed by atoms with Gasteiger partial charge in [-0.25, -0.2) is 9.69 Å². The van der Waals surface area contributed by atoms with E-state index in [2.05, 4.69) is 11.4 Å². The summed E-state index contributed by atoms with van der Waals surface area (Å²) in [5, 5.41) is 3.22. The number of carbonyl (C=O) groups excluding carboxylic acids is 4. The van der Waals surface area contributed by atoms with Gasteiger partial charge in [0.2, 0.25) is 5.91 Å². The minimum atomic E-state index is -0.668. The van der Waals surface area contributed by atoms with Gasteiger partial charge in [-0.3, -0.25) is 14.4 Å². The van der Waals surface area contributed by atoms with Gasteiger partial charge in [0.25, 0.3) is 5.91 Å². The first kappa shape index (κ1) is 25.3. The Hall–Kier alpha value is -3.78. The average Bonchev–Trinajstić information content (AvgIpc) is 3.20. The first-order valence-corrected chi connectivity index (χ1v) is 12.2. The summed E-state index contributed by atoms with van der Waals surface area (Å²) in [4.78, 5) is 51.2. The summed E-state index contributed by atoms with van der Waals surface area (Å²) >= 11 is 0. The van der Waals surface area contributed by atoms with Crippen LogP contribution in [0.25, 0.3) is 0 Å². The van der Waals surface area contributed by atoms with E-state index in [0.717, 1.165) is 24.2 Å². The number of nitrogens with one attached hydrogen (secondary N) is 1. The molecule has 0 aromatic heterocycles. The Labute approximate surface area is 210 Å². The van der Waals surface area contributed by atoms with Crippen LogP contribution in [0.1, 0.15) is 59.2 Å². The van der Waals surface area contributed by atoms with Crippen LogP contribution in [0.4, 0.5) is 5.69 Å². The first-order valence-electron chi connectivity index (χ1n) is 12.2. The Bertz CT molecular complexity index is 1150. The van der Waals surface area contributed by atoms with E-state index in [1.807, 2.05) is 0 Å². The molecule has 1 atom stereocenters. The zero-order chi connectivity index (χ0) is 25.5. The molecular weight excluding hydrogens is 460 g/mol. The minimum absolute atomic E-state index is 0.106. The molecule has 1 unspecified atom stereocenters. The van der Waals surface area contributed by atoms with Crippen LogP contribution in [-0.2, 0) is 14.3 Å². The largest absolute Gasteiger partial charge is 0.497 e. The lowest BCUT2D eigenvalue weighted by molar-refractivity contribution is -0.121. The maximum atomic E-state index is 12.9. The van der Waals surface area contributed by atoms with Crippen molar-refractivity contribution >= 4 is 29.3 Å². The highest BCUT2D eigenvalue weighted by molar-refractivity contribution is 6.22. The Balaban J connectivity index is 1.29. The molecule has 36 heavy (non-hydrogen) atoms. The van der Waals surface area contributed by atoms with Gasteiger partial charge in [0.1, 0.15) is 5.75 Å². The van der Waals surface area contributed by atoms with Gasteiger partial charge in [-0.05, 0) is 87.2 Å². The minimum Gasteiger partial charge on any atom is -0.497 e. The van der Waals surface area contributed by atoms with E-state index in [1.165, 1.54) is 49.8 Å². The van der Waals surface area contributed by atoms with Gasteiger partial charge in [0.05, 0.1) is 30.8 Å². The lowest BCUT2D eigenvalue weighted by atomic mass is 9.97. The second kappa shape index (κ2) is 11.8. The van der Waals surface area contributed by atoms with Crippen molar-refractivity contribution in [3.8, 4) is 5.75 Å². The summed E-state index contributed by atoms with van der Waals surface area (Å²) in [5.74, 6) is -0.959. The van der Waals surface area contributed by atoms with Crippen LogP contribution in [0.15, 0.2) is 60.2 Å². The SMILES string of the molecule is COc1ccc(C(=O)COC(=O)c2ccc(N3C(=O)CC(NCCC4=CCCCC4)C3=O)cc2)cc1. The maximum Gasteiger partial charge on any atom is 0.338 e. The fourth-order valence-corrected chi connectivity index (χ4v) is 4.42. The molecule has 2 amide bonds. The molecule has 0 saturated carbocycles. The molecule has 0 spiro atoms. The molecule has 1 fully saturated rings. The van der Waals surface area contributed by atoms with Crippen LogP contribution in [-0.4, -0.2) is 49.9 Å². The molecule has 1 aliphatic carbocycles. The fourth-order valence-electron chi connectivity index (χ4n) is 4.42. The maximum absolute atomic E-state index is 12.9. The third-order valence-electron chi connectivity index (χ3n) is 6.48. The number of ketones is 1. The van der Waals surface area contributed by atoms with Crippen molar-refractivity contribution in [2.45, 2.75) is 44.6 Å². The van der Waals surface area contributed by atoms with Crippen LogP contribution in [0.3, 0.4) is 0 Å². The predicted octanol–water partition coefficient (Wildman–Crippen LogP) is 3.85. The number of anilines is 1. The standard InChI is InChI=1S/C28H30N2O6/c1-35-23-13-9-20(10-14-23)25(31)18-36-28(34)21-7-11-22(12-8-21)30-26(32)17-24(27(30)33)29-16-15-19-5-3-2-4-6-19/h5,7-14,24,29H,2-4,6,15-18H2,1H3. The van der Waals surface area contributed by atoms with Crippen molar-refractivity contribution in [2.24, 2.45) is 0 Å². The van der Waals surface area contributed by atoms with Crippen LogP contribution in [0, 0.1) is 0 Å². The highest BCUT2D eigenvalue weighted by Gasteiger charge is 2.39. The number of esters is 1. The number of amides is 2. The number of imide groups is 1. The van der Waals surface area contributed by atoms with E-state index in [-0.39, 0.29) is 29.6 Å². The van der Waals surface area contributed by atoms with Gasteiger partial charge in [0.15, 0.2) is 12.4 Å². The van der Waals surface area contributed by atoms with Crippen LogP contribution in [0.5, 0.6) is 5.75 Å². The number of allylic oxidation sites excluding steroid dienone is 1. The first-order chi connectivity index (χ1) is 17.5. The van der Waals surface area contributed by atoms with Crippen LogP contribution in [0.2, 0.25) is 0 Å². The summed E-state index contributed by atoms with van der Waals surface area (Å²) in [7, 11) is 1.53. The van der Waals surface area contributed by atoms with Crippen molar-refractivity contribution in [3.05, 3.63) is 71.3 Å². The zero-order valence-corrected chi connectivity index (χ0v) is 20.3. The van der Waals surface area contributed by atoms with E-state index >= 15 is 0 Å². The van der Waals surface area contributed by atoms with Gasteiger partial charge in [-0.15, -0.1) is 0 Å². The molecule has 188 valence electrons. The number of rotatable bonds is 10. The van der Waals surface area contributed by atoms with E-state index in [1.54, 1.807) is 24.3 Å². The molecule has 2 aromatic rings. The van der Waals surface area contributed by atoms with Crippen molar-refractivity contribution in [1.29, 1.82) is 0 Å². The summed E-state index contributed by atoms with van der Waals surface area (Å²) in [5.41, 5.74) is 2.44. The summed E-state index contributed by atoms with van der Waals surface area (Å²) in [6.07, 6.45) is 7.94. The average molecular weight is 491 g/mol. The van der Waals surface area contributed by atoms with E-state index in [4.69, 9.17) is 9.47 Å². The lowest BCUT2D eigenvalue weighted by Crippen LogP contribution is -2.39. The molecule has 1 aliphatic heterocycles. The third kappa shape index (κ3) is 6.07. The Morgan fingerprint density at radius 1 is 1.00 bits per heavy atom. The number of carbonyl (C=O) groups is 4. The highest BCUT2D eigenvalue weighted by Crippen LogP contribution is 2.24. The smallest absolute Gasteiger partial charge is 0.338 e. The molecule has 8 heteroatoms. The monoisotopic (exact) mass is 490 g/mol. The molecule has 4 rings (SSSR count). The number of methoxy groups -OCH3 is 1. The van der Waals surface area contributed by atoms with Gasteiger partial charge >= 0.3 is 5.97 Å². The number of ether oxygens (including phenoxy) is 2. The Morgan fingerprint density at radius 3 is 2.39 bits per heavy atom. The number of benzene rings is 2. The molecule has 1 saturated heterocycles. The Morgan fingerprint density at radius 2 is 1.72 bits per heavy atom. The van der Waals surface area contributed by atoms with Gasteiger partial charge in [0, 0.05) is 5.56 Å². The quantitative estimate of drug-likeness (QED) is 0.234. The zero-order valence-electron chi connectivity index (χ0n) is 20.3. The van der Waals surface area contributed by atoms with Crippen molar-refractivity contribution in [1.82, 2.24) is 5.32 Å². The summed E-state index contributed by atoms with van der Waals surface area (Å²) in [6.45, 7) is 0.254. The normalized spacial score (nSPS) is 17.6. The highest BCUT2D eigenvalue weighted by atomic mass is 16.5. The third-order valence-corrected chi connectivity index (χ3v) is 6.48. The molecule has 0 bridgehead atoms. The number of hydrogen-bond acceptors (Lipinski definition) is 7. The van der Waals surface area contributed by atoms with Crippen LogP contribution >= 0.6 is 0 Å². The van der Waals surface area contributed by atoms with Gasteiger partial charge in [-0.2, -0.15) is 0 Å². The molecule has 0 radical (unpaired) electrons. The summed E-state index contributed by atoms with van der Waals surface area (Å²) < 4.78 is 10.2. The number of hydrogen-bond donors (Lipinski definition) is 1. The van der Waals surface area contributed by atoms with Gasteiger partial charge in [-0.1, -0.05) is 11.6 Å². The fraction of sp³-hybridized carbons (Fsp3) is 0.357. The van der Waals surface area contributed by atoms with Crippen molar-refractivity contribution in [3.63, 3.8) is 0 Å². The molecule has 1 N–H and O–H groups in total. The van der Waals surface area contributed by atoms with Crippen LogP contribution < -0.4 is 15.0 Å². The second-order valence-electron chi connectivity index (χ2n) is 8.91. The van der Waals surface area contributed by atoms with Crippen molar-refractivity contribution < 1.29 is 28.7 Å². The molecule has 2 aromatic carbocycles. The molecule has 1 heterocycles. The van der Waals surface area contributed by atoms with E-state index in [9.17, 15) is 19.2 Å². The van der Waals surface area contributed by atoms with Crippen molar-refractivity contribution in [2.75, 3.05) is 25.2 Å². The molecular formula is C28H30N2O6. The number of nitrogens with zero attached hydrogens (tertiary/aromatic N) is 1. The predicted molar refractivity (Wildman–Crippen MR) is 134 cm³/mol. The summed E-state index contributed by atoms with van der Waals surface area (Å²) in [6, 6.07) is 12.0. The molecule has 2 aliphatic rings. The topological polar surface area (TPSA) is 102 Å².